The quantitative estimate of drug-likeness (QED) is 0.796. The molecule has 100 valence electrons. The van der Waals surface area contributed by atoms with Crippen LogP contribution in [0, 0.1) is 0 Å². The number of fused-ring (bicyclic) bond motifs is 3. The molecule has 1 aliphatic carbocycles. The van der Waals surface area contributed by atoms with Crippen molar-refractivity contribution in [1.29, 1.82) is 0 Å². The summed E-state index contributed by atoms with van der Waals surface area (Å²) in [6, 6.07) is 0. The Kier molecular flexibility index (Phi) is 2.33. The Morgan fingerprint density at radius 1 is 1.21 bits per heavy atom. The summed E-state index contributed by atoms with van der Waals surface area (Å²) in [5, 5.41) is 9.20. The Bertz CT molecular complexity index is 708. The van der Waals surface area contributed by atoms with E-state index in [1.54, 1.807) is 0 Å². The van der Waals surface area contributed by atoms with E-state index >= 15 is 0 Å². The highest BCUT2D eigenvalue weighted by Crippen LogP contribution is 2.32. The van der Waals surface area contributed by atoms with Crippen LogP contribution >= 0.6 is 0 Å². The number of aromatic nitrogens is 3. The summed E-state index contributed by atoms with van der Waals surface area (Å²) in [6.07, 6.45) is 4.25. The molecule has 0 unspecified atom stereocenters. The van der Waals surface area contributed by atoms with Crippen LogP contribution in [0.15, 0.2) is 4.79 Å². The molecule has 0 bridgehead atoms. The number of rotatable bonds is 1. The summed E-state index contributed by atoms with van der Waals surface area (Å²) >= 11 is 0. The van der Waals surface area contributed by atoms with E-state index in [2.05, 4.69) is 15.4 Å². The Balaban J connectivity index is 2.06. The Morgan fingerprint density at radius 2 is 1.95 bits per heavy atom. The van der Waals surface area contributed by atoms with Gasteiger partial charge in [-0.25, -0.2) is 0 Å². The minimum Gasteiger partial charge on any atom is -0.315 e. The zero-order valence-corrected chi connectivity index (χ0v) is 11.1. The van der Waals surface area contributed by atoms with Crippen molar-refractivity contribution >= 4 is 11.0 Å². The van der Waals surface area contributed by atoms with Gasteiger partial charge in [0.1, 0.15) is 5.65 Å². The van der Waals surface area contributed by atoms with Crippen LogP contribution in [0.1, 0.15) is 35.6 Å². The lowest BCUT2D eigenvalue weighted by Crippen LogP contribution is -2.40. The standard InChI is InChI=1S/C14H18N4O/c1-18-13-11(12(17-18)8-6-15-7-8)9-4-2-3-5-10(9)14(19)16-13/h8,15H,2-7H2,1H3,(H,16,19). The minimum atomic E-state index is 0.0866. The molecule has 4 rings (SSSR count). The average molecular weight is 258 g/mol. The van der Waals surface area contributed by atoms with Crippen LogP contribution < -0.4 is 10.9 Å². The highest BCUT2D eigenvalue weighted by molar-refractivity contribution is 5.84. The molecule has 19 heavy (non-hydrogen) atoms. The lowest BCUT2D eigenvalue weighted by Gasteiger charge is -2.26. The van der Waals surface area contributed by atoms with Gasteiger partial charge in [0, 0.05) is 37.0 Å². The van der Waals surface area contributed by atoms with Gasteiger partial charge in [-0.1, -0.05) is 0 Å². The van der Waals surface area contributed by atoms with E-state index in [-0.39, 0.29) is 5.56 Å². The van der Waals surface area contributed by atoms with E-state index in [1.165, 1.54) is 23.1 Å². The molecule has 1 saturated heterocycles. The van der Waals surface area contributed by atoms with E-state index in [9.17, 15) is 4.79 Å². The molecule has 0 saturated carbocycles. The normalized spacial score (nSPS) is 19.4. The average Bonchev–Trinajstić information content (AvgIpc) is 2.65. The Hall–Kier alpha value is -1.62. The van der Waals surface area contributed by atoms with Crippen molar-refractivity contribution in [3.63, 3.8) is 0 Å². The van der Waals surface area contributed by atoms with E-state index in [1.807, 2.05) is 11.7 Å². The first-order chi connectivity index (χ1) is 9.25. The first kappa shape index (κ1) is 11.2. The maximum atomic E-state index is 12.2. The summed E-state index contributed by atoms with van der Waals surface area (Å²) in [7, 11) is 1.92. The molecule has 0 radical (unpaired) electrons. The number of pyridine rings is 1. The van der Waals surface area contributed by atoms with Gasteiger partial charge in [-0.05, 0) is 31.2 Å². The fourth-order valence-corrected chi connectivity index (χ4v) is 3.37. The Morgan fingerprint density at radius 3 is 2.63 bits per heavy atom. The zero-order valence-electron chi connectivity index (χ0n) is 11.1. The molecule has 3 heterocycles. The van der Waals surface area contributed by atoms with E-state index in [4.69, 9.17) is 0 Å². The molecule has 2 aromatic heterocycles. The van der Waals surface area contributed by atoms with Crippen LogP contribution in [0.3, 0.4) is 0 Å². The SMILES string of the molecule is Cn1nc(C2CNC2)c2c3c(c(=O)[nH]c21)CCCC3. The van der Waals surface area contributed by atoms with Crippen LogP contribution in [-0.2, 0) is 19.9 Å². The van der Waals surface area contributed by atoms with Crippen LogP contribution in [0.25, 0.3) is 11.0 Å². The fraction of sp³-hybridized carbons (Fsp3) is 0.571. The molecule has 0 spiro atoms. The summed E-state index contributed by atoms with van der Waals surface area (Å²) in [5.41, 5.74) is 4.42. The number of hydrogen-bond acceptors (Lipinski definition) is 3. The molecule has 5 nitrogen and oxygen atoms in total. The molecule has 2 N–H and O–H groups in total. The first-order valence-electron chi connectivity index (χ1n) is 7.07. The smallest absolute Gasteiger partial charge is 0.253 e. The second-order valence-corrected chi connectivity index (χ2v) is 5.71. The Labute approximate surface area is 111 Å². The van der Waals surface area contributed by atoms with Gasteiger partial charge >= 0.3 is 0 Å². The fourth-order valence-electron chi connectivity index (χ4n) is 3.37. The van der Waals surface area contributed by atoms with Gasteiger partial charge in [0.05, 0.1) is 5.69 Å². The number of aromatic amines is 1. The van der Waals surface area contributed by atoms with E-state index in [0.29, 0.717) is 5.92 Å². The predicted molar refractivity (Wildman–Crippen MR) is 73.6 cm³/mol. The van der Waals surface area contributed by atoms with E-state index in [0.717, 1.165) is 43.6 Å². The lowest BCUT2D eigenvalue weighted by molar-refractivity contribution is 0.438. The monoisotopic (exact) mass is 258 g/mol. The number of nitrogens with one attached hydrogen (secondary N) is 2. The summed E-state index contributed by atoms with van der Waals surface area (Å²) in [5.74, 6) is 0.501. The molecule has 0 aromatic carbocycles. The maximum Gasteiger partial charge on any atom is 0.253 e. The molecular weight excluding hydrogens is 240 g/mol. The molecule has 2 aromatic rings. The van der Waals surface area contributed by atoms with Gasteiger partial charge in [0.15, 0.2) is 0 Å². The molecule has 0 atom stereocenters. The first-order valence-corrected chi connectivity index (χ1v) is 7.07. The predicted octanol–water partition coefficient (Wildman–Crippen LogP) is 0.827. The highest BCUT2D eigenvalue weighted by atomic mass is 16.1. The van der Waals surface area contributed by atoms with Crippen LogP contribution in [-0.4, -0.2) is 27.9 Å². The lowest BCUT2D eigenvalue weighted by atomic mass is 9.87. The topological polar surface area (TPSA) is 62.7 Å². The van der Waals surface area contributed by atoms with Crippen molar-refractivity contribution in [3.05, 3.63) is 27.2 Å². The second-order valence-electron chi connectivity index (χ2n) is 5.71. The second kappa shape index (κ2) is 3.93. The number of hydrogen-bond donors (Lipinski definition) is 2. The van der Waals surface area contributed by atoms with Crippen molar-refractivity contribution in [3.8, 4) is 0 Å². The number of nitrogens with zero attached hydrogens (tertiary/aromatic N) is 2. The molecule has 1 fully saturated rings. The molecule has 5 heteroatoms. The third-order valence-electron chi connectivity index (χ3n) is 4.52. The number of aryl methyl sites for hydroxylation is 2. The van der Waals surface area contributed by atoms with Gasteiger partial charge in [0.2, 0.25) is 0 Å². The van der Waals surface area contributed by atoms with Gasteiger partial charge < -0.3 is 10.3 Å². The molecule has 2 aliphatic rings. The third kappa shape index (κ3) is 1.51. The van der Waals surface area contributed by atoms with Crippen molar-refractivity contribution in [2.75, 3.05) is 13.1 Å². The van der Waals surface area contributed by atoms with Crippen molar-refractivity contribution in [2.45, 2.75) is 31.6 Å². The van der Waals surface area contributed by atoms with Crippen molar-refractivity contribution in [2.24, 2.45) is 7.05 Å². The maximum absolute atomic E-state index is 12.2. The van der Waals surface area contributed by atoms with Crippen LogP contribution in [0.5, 0.6) is 0 Å². The highest BCUT2D eigenvalue weighted by Gasteiger charge is 2.28. The summed E-state index contributed by atoms with van der Waals surface area (Å²) in [6.45, 7) is 2.00. The van der Waals surface area contributed by atoms with Gasteiger partial charge in [-0.2, -0.15) is 5.10 Å². The van der Waals surface area contributed by atoms with Crippen LogP contribution in [0.2, 0.25) is 0 Å². The molecule has 0 amide bonds. The zero-order chi connectivity index (χ0) is 13.0. The van der Waals surface area contributed by atoms with Crippen LogP contribution in [0.4, 0.5) is 0 Å². The molecule has 1 aliphatic heterocycles. The summed E-state index contributed by atoms with van der Waals surface area (Å²) < 4.78 is 1.83. The largest absolute Gasteiger partial charge is 0.315 e. The van der Waals surface area contributed by atoms with Gasteiger partial charge in [-0.3, -0.25) is 9.48 Å². The van der Waals surface area contributed by atoms with Gasteiger partial charge in [0.25, 0.3) is 5.56 Å². The van der Waals surface area contributed by atoms with Gasteiger partial charge in [-0.15, -0.1) is 0 Å². The third-order valence-corrected chi connectivity index (χ3v) is 4.52. The van der Waals surface area contributed by atoms with Crippen molar-refractivity contribution < 1.29 is 0 Å². The summed E-state index contributed by atoms with van der Waals surface area (Å²) in [4.78, 5) is 15.2. The number of H-pyrrole nitrogens is 1. The minimum absolute atomic E-state index is 0.0866. The molecular formula is C14H18N4O. The van der Waals surface area contributed by atoms with E-state index < -0.39 is 0 Å². The van der Waals surface area contributed by atoms with Crippen molar-refractivity contribution in [1.82, 2.24) is 20.1 Å².